The van der Waals surface area contributed by atoms with Gasteiger partial charge in [-0.15, -0.1) is 47.0 Å². The van der Waals surface area contributed by atoms with Crippen LogP contribution in [0.25, 0.3) is 11.1 Å². The minimum atomic E-state index is 0. The van der Waals surface area contributed by atoms with Crippen molar-refractivity contribution in [3.63, 3.8) is 0 Å². The van der Waals surface area contributed by atoms with E-state index < -0.39 is 0 Å². The molecule has 0 fully saturated rings. The first kappa shape index (κ1) is 12.5. The summed E-state index contributed by atoms with van der Waals surface area (Å²) in [6.45, 7) is 0. The first-order chi connectivity index (χ1) is 7.95. The van der Waals surface area contributed by atoms with E-state index >= 15 is 0 Å². The molecule has 2 aliphatic carbocycles. The molecule has 0 saturated heterocycles. The Hall–Kier alpha value is -0.950. The number of benzene rings is 1. The molecule has 0 atom stereocenters. The molecule has 2 aliphatic rings. The maximum atomic E-state index is 3.38. The molecule has 0 saturated carbocycles. The minimum Gasteiger partial charge on any atom is -1.00 e. The molecule has 0 radical (unpaired) electrons. The molecule has 0 unspecified atom stereocenters. The Morgan fingerprint density at radius 3 is 2.35 bits per heavy atom. The zero-order chi connectivity index (χ0) is 10.8. The maximum absolute atomic E-state index is 3.38. The van der Waals surface area contributed by atoms with Gasteiger partial charge in [-0.2, -0.15) is 0 Å². The average Bonchev–Trinajstić information content (AvgIpc) is 3.03. The number of allylic oxidation sites excluding steroid dienone is 8. The van der Waals surface area contributed by atoms with E-state index in [9.17, 15) is 0 Å². The second-order valence-electron chi connectivity index (χ2n) is 4.11. The normalized spacial score (nSPS) is 16.7. The molecule has 1 heteroatoms. The van der Waals surface area contributed by atoms with Gasteiger partial charge < -0.3 is 4.28 Å². The fraction of sp³-hybridized carbons (Fsp3) is 0.125. The topological polar surface area (TPSA) is 0 Å². The molecular formula is C16H16Hf. The van der Waals surface area contributed by atoms with Crippen molar-refractivity contribution in [2.45, 2.75) is 12.8 Å². The molecule has 1 aromatic carbocycles. The van der Waals surface area contributed by atoms with E-state index in [2.05, 4.69) is 54.7 Å². The second-order valence-corrected chi connectivity index (χ2v) is 4.11. The Labute approximate surface area is 126 Å². The molecule has 3 rings (SSSR count). The summed E-state index contributed by atoms with van der Waals surface area (Å²) in [6.07, 6.45) is 15.1. The molecular weight excluding hydrogens is 371 g/mol. The average molecular weight is 387 g/mol. The first-order valence-corrected chi connectivity index (χ1v) is 5.68. The van der Waals surface area contributed by atoms with Gasteiger partial charge in [0.2, 0.25) is 0 Å². The fourth-order valence-corrected chi connectivity index (χ4v) is 2.25. The monoisotopic (exact) mass is 388 g/mol. The van der Waals surface area contributed by atoms with E-state index in [1.165, 1.54) is 22.3 Å². The molecule has 1 aromatic rings. The molecule has 84 valence electrons. The number of rotatable bonds is 2. The summed E-state index contributed by atoms with van der Waals surface area (Å²) in [7, 11) is 0. The van der Waals surface area contributed by atoms with Gasteiger partial charge in [0.15, 0.2) is 0 Å². The van der Waals surface area contributed by atoms with Crippen LogP contribution in [-0.2, 0) is 25.8 Å². The second kappa shape index (κ2) is 5.59. The van der Waals surface area contributed by atoms with Crippen LogP contribution in [0.2, 0.25) is 0 Å². The van der Waals surface area contributed by atoms with Gasteiger partial charge in [0.05, 0.1) is 0 Å². The van der Waals surface area contributed by atoms with E-state index in [1.54, 1.807) is 0 Å². The van der Waals surface area contributed by atoms with Gasteiger partial charge in [-0.25, -0.2) is 0 Å². The Morgan fingerprint density at radius 1 is 1.00 bits per heavy atom. The van der Waals surface area contributed by atoms with Gasteiger partial charge in [0.1, 0.15) is 0 Å². The van der Waals surface area contributed by atoms with Gasteiger partial charge in [0.25, 0.3) is 0 Å². The third kappa shape index (κ3) is 2.50. The van der Waals surface area contributed by atoms with Gasteiger partial charge >= 0.3 is 25.8 Å². The zero-order valence-electron chi connectivity index (χ0n) is 12.6. The quantitative estimate of drug-likeness (QED) is 0.518. The SMILES string of the molecule is [H-].[H-].[H-].[Hf+4].[c-]1cccc(C2=CC=CC2)c1C1=CC=CC1. The third-order valence-electron chi connectivity index (χ3n) is 3.07. The molecule has 0 aromatic heterocycles. The van der Waals surface area contributed by atoms with Crippen molar-refractivity contribution in [2.24, 2.45) is 0 Å². The van der Waals surface area contributed by atoms with Crippen molar-refractivity contribution in [2.75, 3.05) is 0 Å². The Kier molecular flexibility index (Phi) is 4.11. The molecule has 0 amide bonds. The summed E-state index contributed by atoms with van der Waals surface area (Å²) >= 11 is 0. The Balaban J connectivity index is 0. The van der Waals surface area contributed by atoms with Crippen LogP contribution < -0.4 is 0 Å². The van der Waals surface area contributed by atoms with E-state index in [1.807, 2.05) is 6.07 Å². The summed E-state index contributed by atoms with van der Waals surface area (Å²) in [5.41, 5.74) is 5.38. The van der Waals surface area contributed by atoms with Crippen molar-refractivity contribution in [3.05, 3.63) is 71.8 Å². The predicted octanol–water partition coefficient (Wildman–Crippen LogP) is 4.51. The molecule has 0 nitrogen and oxygen atoms in total. The molecule has 0 bridgehead atoms. The van der Waals surface area contributed by atoms with E-state index in [4.69, 9.17) is 0 Å². The van der Waals surface area contributed by atoms with Crippen molar-refractivity contribution < 1.29 is 30.1 Å². The first-order valence-electron chi connectivity index (χ1n) is 5.68. The smallest absolute Gasteiger partial charge is 1.00 e. The minimum absolute atomic E-state index is 0. The molecule has 0 aliphatic heterocycles. The van der Waals surface area contributed by atoms with Crippen molar-refractivity contribution in [3.8, 4) is 0 Å². The van der Waals surface area contributed by atoms with Crippen LogP contribution in [0.5, 0.6) is 0 Å². The predicted molar refractivity (Wildman–Crippen MR) is 72.1 cm³/mol. The molecule has 0 N–H and O–H groups in total. The van der Waals surface area contributed by atoms with Crippen LogP contribution in [0.15, 0.2) is 54.7 Å². The molecule has 17 heavy (non-hydrogen) atoms. The van der Waals surface area contributed by atoms with Crippen molar-refractivity contribution in [1.29, 1.82) is 0 Å². The summed E-state index contributed by atoms with van der Waals surface area (Å²) in [5.74, 6) is 0. The molecule has 0 spiro atoms. The Morgan fingerprint density at radius 2 is 1.71 bits per heavy atom. The standard InChI is InChI=1S/C16H13.Hf.3H/c1-2-8-13(7-1)15-11-5-6-12-16(15)14-9-3-4-10-14;;;;/h1-7,9,11H,8,10H2;;;;/q-1;+4;3*-1. The van der Waals surface area contributed by atoms with E-state index in [0.29, 0.717) is 0 Å². The van der Waals surface area contributed by atoms with Crippen LogP contribution in [0.1, 0.15) is 28.2 Å². The van der Waals surface area contributed by atoms with Gasteiger partial charge in [-0.05, 0) is 12.8 Å². The fourth-order valence-electron chi connectivity index (χ4n) is 2.25. The van der Waals surface area contributed by atoms with E-state index in [0.717, 1.165) is 12.8 Å². The van der Waals surface area contributed by atoms with Gasteiger partial charge in [0, 0.05) is 0 Å². The van der Waals surface area contributed by atoms with Crippen molar-refractivity contribution >= 4 is 11.1 Å². The van der Waals surface area contributed by atoms with E-state index in [-0.39, 0.29) is 30.1 Å². The summed E-state index contributed by atoms with van der Waals surface area (Å²) in [4.78, 5) is 0. The van der Waals surface area contributed by atoms with Crippen LogP contribution in [0.3, 0.4) is 0 Å². The Bertz CT molecular complexity index is 493. The van der Waals surface area contributed by atoms with Crippen LogP contribution in [0, 0.1) is 6.07 Å². The summed E-state index contributed by atoms with van der Waals surface area (Å²) in [6, 6.07) is 9.65. The largest absolute Gasteiger partial charge is 4.00 e. The number of hydrogen-bond donors (Lipinski definition) is 0. The zero-order valence-corrected chi connectivity index (χ0v) is 13.2. The van der Waals surface area contributed by atoms with Crippen LogP contribution >= 0.6 is 0 Å². The molecule has 0 heterocycles. The maximum Gasteiger partial charge on any atom is 4.00 e. The third-order valence-corrected chi connectivity index (χ3v) is 3.07. The van der Waals surface area contributed by atoms with Crippen molar-refractivity contribution in [1.82, 2.24) is 0 Å². The summed E-state index contributed by atoms with van der Waals surface area (Å²) in [5, 5.41) is 0. The number of hydrogen-bond acceptors (Lipinski definition) is 0. The van der Waals surface area contributed by atoms with Crippen LogP contribution in [0.4, 0.5) is 0 Å². The van der Waals surface area contributed by atoms with Gasteiger partial charge in [-0.1, -0.05) is 36.0 Å². The van der Waals surface area contributed by atoms with Gasteiger partial charge in [-0.3, -0.25) is 0 Å². The van der Waals surface area contributed by atoms with Crippen LogP contribution in [-0.4, -0.2) is 0 Å². The summed E-state index contributed by atoms with van der Waals surface area (Å²) < 4.78 is 0.